The fourth-order valence-corrected chi connectivity index (χ4v) is 4.57. The van der Waals surface area contributed by atoms with E-state index in [9.17, 15) is 38.7 Å². The maximum absolute atomic E-state index is 13.5. The van der Waals surface area contributed by atoms with Crippen molar-refractivity contribution in [2.75, 3.05) is 25.1 Å². The van der Waals surface area contributed by atoms with E-state index in [1.807, 2.05) is 0 Å². The van der Waals surface area contributed by atoms with E-state index < -0.39 is 71.7 Å². The molecular formula is C27H50N12O9S. The van der Waals surface area contributed by atoms with Crippen LogP contribution in [-0.2, 0) is 33.6 Å². The Bertz CT molecular complexity index is 1200. The van der Waals surface area contributed by atoms with Gasteiger partial charge in [-0.3, -0.25) is 38.8 Å². The summed E-state index contributed by atoms with van der Waals surface area (Å²) in [7, 11) is 0. The van der Waals surface area contributed by atoms with Crippen LogP contribution in [-0.4, -0.2) is 119 Å². The third-order valence-corrected chi connectivity index (χ3v) is 7.34. The molecule has 5 atom stereocenters. The fourth-order valence-electron chi connectivity index (χ4n) is 4.10. The highest BCUT2D eigenvalue weighted by molar-refractivity contribution is 7.98. The van der Waals surface area contributed by atoms with Gasteiger partial charge in [0, 0.05) is 25.9 Å². The van der Waals surface area contributed by atoms with Crippen molar-refractivity contribution >= 4 is 65.2 Å². The Hall–Kier alpha value is -4.86. The normalized spacial score (nSPS) is 13.7. The van der Waals surface area contributed by atoms with E-state index >= 15 is 0 Å². The van der Waals surface area contributed by atoms with E-state index in [4.69, 9.17) is 39.5 Å². The summed E-state index contributed by atoms with van der Waals surface area (Å²) < 4.78 is 0. The molecular weight excluding hydrogens is 668 g/mol. The number of carbonyl (C=O) groups excluding carboxylic acids is 5. The molecule has 0 rings (SSSR count). The molecule has 0 aromatic rings. The summed E-state index contributed by atoms with van der Waals surface area (Å²) in [4.78, 5) is 94.7. The number of carbonyl (C=O) groups is 7. The van der Waals surface area contributed by atoms with Crippen molar-refractivity contribution in [1.82, 2.24) is 21.3 Å². The highest BCUT2D eigenvalue weighted by atomic mass is 32.2. The molecule has 278 valence electrons. The van der Waals surface area contributed by atoms with Gasteiger partial charge in [-0.1, -0.05) is 0 Å². The first-order valence-electron chi connectivity index (χ1n) is 15.3. The lowest BCUT2D eigenvalue weighted by molar-refractivity contribution is -0.142. The molecule has 5 amide bonds. The van der Waals surface area contributed by atoms with Crippen molar-refractivity contribution in [1.29, 1.82) is 0 Å². The number of aliphatic carboxylic acids is 2. The van der Waals surface area contributed by atoms with Gasteiger partial charge in [0.25, 0.3) is 0 Å². The Morgan fingerprint density at radius 3 is 1.47 bits per heavy atom. The molecule has 0 saturated heterocycles. The standard InChI is InChI=1S/C27H50N12O9S/c1-49-13-10-17(36-21(43)14(28)6-9-20(41)42)24(46)38-16(7-8-19(29)40)23(45)37-15(4-2-11-34-26(30)31)22(44)39-18(25(47)48)5-3-12-35-27(32)33/h14-18H,2-13,28H2,1H3,(H2,29,40)(H,36,43)(H,37,45)(H,38,46)(H,39,44)(H,41,42)(H,47,48)(H4,30,31,34)(H4,32,33,35)/t14-,15-,16-,17-,18-/m0/s1. The molecule has 0 spiro atoms. The van der Waals surface area contributed by atoms with Gasteiger partial charge < -0.3 is 65.9 Å². The molecule has 22 heteroatoms. The maximum Gasteiger partial charge on any atom is 0.326 e. The SMILES string of the molecule is CSCC[C@H](NC(=O)[C@@H](N)CCC(=O)O)C(=O)N[C@@H](CCC(N)=O)C(=O)N[C@@H](CCCN=C(N)N)C(=O)N[C@@H](CCCN=C(N)N)C(=O)O. The van der Waals surface area contributed by atoms with Crippen LogP contribution in [0.3, 0.4) is 0 Å². The van der Waals surface area contributed by atoms with Gasteiger partial charge in [-0.15, -0.1) is 0 Å². The van der Waals surface area contributed by atoms with E-state index in [0.29, 0.717) is 5.75 Å². The van der Waals surface area contributed by atoms with Crippen LogP contribution in [0, 0.1) is 0 Å². The number of thioether (sulfide) groups is 1. The van der Waals surface area contributed by atoms with Crippen LogP contribution in [0.4, 0.5) is 0 Å². The van der Waals surface area contributed by atoms with E-state index in [2.05, 4.69) is 31.3 Å². The zero-order chi connectivity index (χ0) is 37.5. The first-order chi connectivity index (χ1) is 23.0. The Labute approximate surface area is 287 Å². The molecule has 0 aromatic carbocycles. The van der Waals surface area contributed by atoms with E-state index in [1.54, 1.807) is 6.26 Å². The van der Waals surface area contributed by atoms with Crippen LogP contribution in [0.1, 0.15) is 57.8 Å². The molecule has 0 radical (unpaired) electrons. The molecule has 49 heavy (non-hydrogen) atoms. The largest absolute Gasteiger partial charge is 0.481 e. The highest BCUT2D eigenvalue weighted by Gasteiger charge is 2.32. The molecule has 0 aliphatic heterocycles. The maximum atomic E-state index is 13.5. The minimum Gasteiger partial charge on any atom is -0.481 e. The van der Waals surface area contributed by atoms with Crippen molar-refractivity contribution in [2.24, 2.45) is 44.4 Å². The number of nitrogens with zero attached hydrogens (tertiary/aromatic N) is 2. The van der Waals surface area contributed by atoms with Crippen molar-refractivity contribution in [3.63, 3.8) is 0 Å². The predicted molar refractivity (Wildman–Crippen MR) is 181 cm³/mol. The van der Waals surface area contributed by atoms with Crippen molar-refractivity contribution in [3.8, 4) is 0 Å². The van der Waals surface area contributed by atoms with Crippen LogP contribution in [0.15, 0.2) is 9.98 Å². The molecule has 0 unspecified atom stereocenters. The van der Waals surface area contributed by atoms with Gasteiger partial charge in [0.1, 0.15) is 24.2 Å². The monoisotopic (exact) mass is 718 g/mol. The number of nitrogens with two attached hydrogens (primary N) is 6. The second kappa shape index (κ2) is 24.3. The van der Waals surface area contributed by atoms with Gasteiger partial charge in [0.15, 0.2) is 11.9 Å². The van der Waals surface area contributed by atoms with Gasteiger partial charge in [0.05, 0.1) is 6.04 Å². The Morgan fingerprint density at radius 2 is 1.04 bits per heavy atom. The molecule has 0 aliphatic carbocycles. The van der Waals surface area contributed by atoms with Crippen LogP contribution < -0.4 is 55.7 Å². The zero-order valence-corrected chi connectivity index (χ0v) is 28.2. The average molecular weight is 719 g/mol. The first-order valence-corrected chi connectivity index (χ1v) is 16.7. The third kappa shape index (κ3) is 20.9. The predicted octanol–water partition coefficient (Wildman–Crippen LogP) is -4.67. The van der Waals surface area contributed by atoms with Gasteiger partial charge in [0.2, 0.25) is 29.5 Å². The van der Waals surface area contributed by atoms with Gasteiger partial charge in [-0.25, -0.2) is 4.79 Å². The van der Waals surface area contributed by atoms with Gasteiger partial charge in [-0.05, 0) is 57.0 Å². The molecule has 0 aliphatic rings. The summed E-state index contributed by atoms with van der Waals surface area (Å²) in [6, 6.07) is -6.57. The summed E-state index contributed by atoms with van der Waals surface area (Å²) >= 11 is 1.36. The third-order valence-electron chi connectivity index (χ3n) is 6.70. The second-order valence-electron chi connectivity index (χ2n) is 10.8. The van der Waals surface area contributed by atoms with Crippen LogP contribution >= 0.6 is 11.8 Å². The van der Waals surface area contributed by atoms with E-state index in [0.717, 1.165) is 0 Å². The van der Waals surface area contributed by atoms with Gasteiger partial charge in [-0.2, -0.15) is 11.8 Å². The Balaban J connectivity index is 6.06. The van der Waals surface area contributed by atoms with Crippen LogP contribution in [0.5, 0.6) is 0 Å². The number of hydrogen-bond acceptors (Lipinski definition) is 11. The van der Waals surface area contributed by atoms with E-state index in [-0.39, 0.29) is 82.8 Å². The summed E-state index contributed by atoms with van der Waals surface area (Å²) in [5.41, 5.74) is 32.3. The molecule has 0 bridgehead atoms. The van der Waals surface area contributed by atoms with Crippen molar-refractivity contribution < 1.29 is 43.8 Å². The molecule has 18 N–H and O–H groups in total. The number of guanidine groups is 2. The lowest BCUT2D eigenvalue weighted by Gasteiger charge is -2.26. The number of hydrogen-bond donors (Lipinski definition) is 12. The first kappa shape index (κ1) is 44.1. The topological polar surface area (TPSA) is 389 Å². The molecule has 0 aromatic heterocycles. The highest BCUT2D eigenvalue weighted by Crippen LogP contribution is 2.08. The van der Waals surface area contributed by atoms with Crippen LogP contribution in [0.2, 0.25) is 0 Å². The lowest BCUT2D eigenvalue weighted by atomic mass is 10.0. The van der Waals surface area contributed by atoms with Crippen molar-refractivity contribution in [2.45, 2.75) is 88.0 Å². The number of primary amides is 1. The van der Waals surface area contributed by atoms with Crippen molar-refractivity contribution in [3.05, 3.63) is 0 Å². The second-order valence-corrected chi connectivity index (χ2v) is 11.8. The number of rotatable bonds is 26. The number of carboxylic acid groups (broad SMARTS) is 2. The van der Waals surface area contributed by atoms with E-state index in [1.165, 1.54) is 11.8 Å². The lowest BCUT2D eigenvalue weighted by Crippen LogP contribution is -2.58. The summed E-state index contributed by atoms with van der Waals surface area (Å²) in [6.07, 6.45) is 0.916. The van der Waals surface area contributed by atoms with Gasteiger partial charge >= 0.3 is 11.9 Å². The number of carboxylic acids is 2. The summed E-state index contributed by atoms with van der Waals surface area (Å²) in [5.74, 6) is -6.69. The molecule has 21 nitrogen and oxygen atoms in total. The minimum absolute atomic E-state index is 0.0487. The Kier molecular flexibility index (Phi) is 21.9. The number of aliphatic imine (C=N–C) groups is 2. The van der Waals surface area contributed by atoms with Crippen LogP contribution in [0.25, 0.3) is 0 Å². The summed E-state index contributed by atoms with van der Waals surface area (Å²) in [5, 5.41) is 28.3. The Morgan fingerprint density at radius 1 is 0.612 bits per heavy atom. The number of amides is 5. The smallest absolute Gasteiger partial charge is 0.326 e. The fraction of sp³-hybridized carbons (Fsp3) is 0.667. The molecule has 0 saturated carbocycles. The average Bonchev–Trinajstić information content (AvgIpc) is 3.01. The zero-order valence-electron chi connectivity index (χ0n) is 27.4. The minimum atomic E-state index is -1.43. The molecule has 0 fully saturated rings. The quantitative estimate of drug-likeness (QED) is 0.0227. The summed E-state index contributed by atoms with van der Waals surface area (Å²) in [6.45, 7) is 0.171. The number of nitrogens with one attached hydrogen (secondary N) is 4. The molecule has 0 heterocycles.